The van der Waals surface area contributed by atoms with Gasteiger partial charge in [-0.05, 0) is 25.1 Å². The molecule has 2 aromatic heterocycles. The van der Waals surface area contributed by atoms with Crippen molar-refractivity contribution < 1.29 is 0 Å². The third-order valence-corrected chi connectivity index (χ3v) is 3.79. The normalized spacial score (nSPS) is 11.4. The van der Waals surface area contributed by atoms with Gasteiger partial charge < -0.3 is 5.73 Å². The van der Waals surface area contributed by atoms with Crippen molar-refractivity contribution in [2.45, 2.75) is 6.92 Å². The van der Waals surface area contributed by atoms with E-state index in [1.165, 1.54) is 0 Å². The van der Waals surface area contributed by atoms with Crippen LogP contribution in [0.2, 0.25) is 5.02 Å². The van der Waals surface area contributed by atoms with Crippen LogP contribution in [0.4, 0.5) is 5.95 Å². The topological polar surface area (TPSA) is 61.7 Å². The van der Waals surface area contributed by atoms with E-state index in [4.69, 9.17) is 17.3 Å². The van der Waals surface area contributed by atoms with Gasteiger partial charge in [-0.3, -0.25) is 4.57 Å². The molecule has 7 heteroatoms. The van der Waals surface area contributed by atoms with E-state index in [1.807, 2.05) is 36.7 Å². The highest BCUT2D eigenvalue weighted by molar-refractivity contribution is 9.10. The molecule has 0 saturated carbocycles. The Morgan fingerprint density at radius 2 is 2.11 bits per heavy atom. The first-order valence-corrected chi connectivity index (χ1v) is 6.79. The predicted octanol–water partition coefficient (Wildman–Crippen LogP) is 3.07. The molecule has 5 nitrogen and oxygen atoms in total. The molecule has 3 aromatic rings. The zero-order valence-corrected chi connectivity index (χ0v) is 12.7. The van der Waals surface area contributed by atoms with Gasteiger partial charge >= 0.3 is 0 Å². The first kappa shape index (κ1) is 12.5. The summed E-state index contributed by atoms with van der Waals surface area (Å²) < 4.78 is 4.49. The summed E-state index contributed by atoms with van der Waals surface area (Å²) in [6.45, 7) is 1.90. The summed E-state index contributed by atoms with van der Waals surface area (Å²) in [5.74, 6) is 0.395. The highest BCUT2D eigenvalue weighted by Crippen LogP contribution is 2.30. The quantitative estimate of drug-likeness (QED) is 0.740. The molecule has 0 bridgehead atoms. The van der Waals surface area contributed by atoms with E-state index in [9.17, 15) is 0 Å². The molecule has 0 aliphatic heterocycles. The lowest BCUT2D eigenvalue weighted by atomic mass is 10.3. The minimum atomic E-state index is 0.395. The highest BCUT2D eigenvalue weighted by Gasteiger charge is 2.18. The number of hydrogen-bond acceptors (Lipinski definition) is 3. The Morgan fingerprint density at radius 3 is 2.84 bits per heavy atom. The molecular weight excluding hydrogens is 330 g/mol. The Balaban J connectivity index is 2.42. The number of aryl methyl sites for hydroxylation is 2. The van der Waals surface area contributed by atoms with Gasteiger partial charge in [-0.1, -0.05) is 27.5 Å². The fourth-order valence-corrected chi connectivity index (χ4v) is 2.74. The lowest BCUT2D eigenvalue weighted by Gasteiger charge is -2.09. The van der Waals surface area contributed by atoms with Crippen molar-refractivity contribution in [3.63, 3.8) is 0 Å². The fourth-order valence-electron chi connectivity index (χ4n) is 2.18. The van der Waals surface area contributed by atoms with Crippen LogP contribution >= 0.6 is 27.5 Å². The summed E-state index contributed by atoms with van der Waals surface area (Å²) in [7, 11) is 1.86. The second-order valence-corrected chi connectivity index (χ2v) is 5.61. The van der Waals surface area contributed by atoms with E-state index in [0.29, 0.717) is 11.0 Å². The van der Waals surface area contributed by atoms with Gasteiger partial charge in [0.05, 0.1) is 16.4 Å². The Hall–Kier alpha value is -1.53. The van der Waals surface area contributed by atoms with Crippen molar-refractivity contribution in [2.75, 3.05) is 5.73 Å². The van der Waals surface area contributed by atoms with Crippen LogP contribution in [0.15, 0.2) is 22.7 Å². The third kappa shape index (κ3) is 1.82. The van der Waals surface area contributed by atoms with E-state index in [2.05, 4.69) is 26.0 Å². The summed E-state index contributed by atoms with van der Waals surface area (Å²) in [6.07, 6.45) is 0. The van der Waals surface area contributed by atoms with Crippen molar-refractivity contribution in [3.8, 4) is 5.69 Å². The largest absolute Gasteiger partial charge is 0.369 e. The molecule has 0 unspecified atom stereocenters. The number of rotatable bonds is 1. The van der Waals surface area contributed by atoms with E-state index in [1.54, 1.807) is 4.68 Å². The molecule has 0 radical (unpaired) electrons. The van der Waals surface area contributed by atoms with Gasteiger partial charge in [0.15, 0.2) is 5.65 Å². The SMILES string of the molecule is Cc1nn(C)c2c1nc(N)n2-c1cc(Br)ccc1Cl. The van der Waals surface area contributed by atoms with Crippen molar-refractivity contribution in [2.24, 2.45) is 7.05 Å². The molecule has 3 rings (SSSR count). The first-order valence-electron chi connectivity index (χ1n) is 5.62. The maximum Gasteiger partial charge on any atom is 0.207 e. The monoisotopic (exact) mass is 339 g/mol. The van der Waals surface area contributed by atoms with Crippen molar-refractivity contribution in [3.05, 3.63) is 33.4 Å². The summed E-state index contributed by atoms with van der Waals surface area (Å²) >= 11 is 9.70. The number of fused-ring (bicyclic) bond motifs is 1. The lowest BCUT2D eigenvalue weighted by molar-refractivity contribution is 0.762. The van der Waals surface area contributed by atoms with Crippen molar-refractivity contribution >= 4 is 44.6 Å². The number of nitrogens with zero attached hydrogens (tertiary/aromatic N) is 4. The van der Waals surface area contributed by atoms with Crippen LogP contribution in [0.1, 0.15) is 5.69 Å². The molecule has 0 atom stereocenters. The Labute approximate surface area is 123 Å². The minimum absolute atomic E-state index is 0.395. The summed E-state index contributed by atoms with van der Waals surface area (Å²) in [5.41, 5.74) is 9.26. The Morgan fingerprint density at radius 1 is 1.37 bits per heavy atom. The van der Waals surface area contributed by atoms with Gasteiger partial charge in [0.1, 0.15) is 5.52 Å². The number of anilines is 1. The van der Waals surface area contributed by atoms with Gasteiger partial charge in [-0.2, -0.15) is 5.10 Å². The summed E-state index contributed by atoms with van der Waals surface area (Å²) in [6, 6.07) is 5.60. The molecular formula is C12H11BrClN5. The molecule has 0 spiro atoms. The Bertz CT molecular complexity index is 789. The second kappa shape index (κ2) is 4.25. The zero-order chi connectivity index (χ0) is 13.7. The molecule has 0 amide bonds. The van der Waals surface area contributed by atoms with Crippen LogP contribution in [0.3, 0.4) is 0 Å². The van der Waals surface area contributed by atoms with Gasteiger partial charge in [0.25, 0.3) is 0 Å². The number of aromatic nitrogens is 4. The maximum atomic E-state index is 6.26. The highest BCUT2D eigenvalue weighted by atomic mass is 79.9. The van der Waals surface area contributed by atoms with E-state index >= 15 is 0 Å². The zero-order valence-electron chi connectivity index (χ0n) is 10.4. The summed E-state index contributed by atoms with van der Waals surface area (Å²) in [5, 5.41) is 4.96. The number of halogens is 2. The predicted molar refractivity (Wildman–Crippen MR) is 79.7 cm³/mol. The van der Waals surface area contributed by atoms with Crippen molar-refractivity contribution in [1.82, 2.24) is 19.3 Å². The molecule has 0 fully saturated rings. The third-order valence-electron chi connectivity index (χ3n) is 2.98. The molecule has 2 N–H and O–H groups in total. The molecule has 0 saturated heterocycles. The van der Waals surface area contributed by atoms with Crippen LogP contribution in [-0.4, -0.2) is 19.3 Å². The minimum Gasteiger partial charge on any atom is -0.369 e. The van der Waals surface area contributed by atoms with E-state index in [-0.39, 0.29) is 0 Å². The lowest BCUT2D eigenvalue weighted by Crippen LogP contribution is -2.05. The first-order chi connectivity index (χ1) is 8.99. The van der Waals surface area contributed by atoms with Crippen LogP contribution in [0.5, 0.6) is 0 Å². The van der Waals surface area contributed by atoms with Gasteiger partial charge in [-0.25, -0.2) is 9.67 Å². The second-order valence-electron chi connectivity index (χ2n) is 4.28. The van der Waals surface area contributed by atoms with E-state index < -0.39 is 0 Å². The molecule has 2 heterocycles. The van der Waals surface area contributed by atoms with E-state index in [0.717, 1.165) is 27.0 Å². The number of benzene rings is 1. The van der Waals surface area contributed by atoms with Gasteiger partial charge in [-0.15, -0.1) is 0 Å². The Kier molecular flexibility index (Phi) is 2.79. The molecule has 98 valence electrons. The average Bonchev–Trinajstić information content (AvgIpc) is 2.81. The fraction of sp³-hybridized carbons (Fsp3) is 0.167. The van der Waals surface area contributed by atoms with Gasteiger partial charge in [0.2, 0.25) is 5.95 Å². The molecule has 19 heavy (non-hydrogen) atoms. The van der Waals surface area contributed by atoms with Crippen LogP contribution in [-0.2, 0) is 7.05 Å². The number of hydrogen-bond donors (Lipinski definition) is 1. The average molecular weight is 341 g/mol. The van der Waals surface area contributed by atoms with Crippen LogP contribution < -0.4 is 5.73 Å². The smallest absolute Gasteiger partial charge is 0.207 e. The van der Waals surface area contributed by atoms with Crippen molar-refractivity contribution in [1.29, 1.82) is 0 Å². The molecule has 0 aliphatic rings. The van der Waals surface area contributed by atoms with Crippen LogP contribution in [0, 0.1) is 6.92 Å². The number of nitrogen functional groups attached to an aromatic ring is 1. The standard InChI is InChI=1S/C12H11BrClN5/c1-6-10-11(18(2)17-6)19(12(15)16-10)9-5-7(13)3-4-8(9)14/h3-5H,1-2H3,(H2,15,16). The molecule has 0 aliphatic carbocycles. The number of imidazole rings is 1. The van der Waals surface area contributed by atoms with Crippen LogP contribution in [0.25, 0.3) is 16.9 Å². The van der Waals surface area contributed by atoms with Gasteiger partial charge in [0, 0.05) is 11.5 Å². The maximum absolute atomic E-state index is 6.26. The molecule has 1 aromatic carbocycles. The number of nitrogens with two attached hydrogens (primary N) is 1. The summed E-state index contributed by atoms with van der Waals surface area (Å²) in [4.78, 5) is 4.36.